The first-order chi connectivity index (χ1) is 27.1. The number of rotatable bonds is 24. The van der Waals surface area contributed by atoms with E-state index in [-0.39, 0.29) is 54.3 Å². The fraction of sp³-hybridized carbons (Fsp3) is 0.455. The fourth-order valence-electron chi connectivity index (χ4n) is 6.37. The molecule has 4 aromatic rings. The van der Waals surface area contributed by atoms with Gasteiger partial charge in [0.15, 0.2) is 11.8 Å². The van der Waals surface area contributed by atoms with E-state index in [2.05, 4.69) is 12.2 Å². The van der Waals surface area contributed by atoms with E-state index in [0.717, 1.165) is 35.8 Å². The number of methoxy groups -OCH3 is 1. The lowest BCUT2D eigenvalue weighted by atomic mass is 10.0. The SMILES string of the molecule is CCCCCCCCCCCCOC(=O)c1ccc(OC(C)C)c(NC(=O)C(C(=O)c2ccc(OC)cc2)n2c(O)c(OCC)n(Cc3ccccc3)c2=O)c1. The molecule has 1 unspecified atom stereocenters. The van der Waals surface area contributed by atoms with E-state index in [1.54, 1.807) is 69.3 Å². The number of imidazole rings is 1. The Hall–Kier alpha value is -5.52. The van der Waals surface area contributed by atoms with Crippen molar-refractivity contribution in [3.8, 4) is 23.3 Å². The fourth-order valence-corrected chi connectivity index (χ4v) is 6.37. The molecule has 12 nitrogen and oxygen atoms in total. The zero-order valence-electron chi connectivity index (χ0n) is 33.4. The van der Waals surface area contributed by atoms with Gasteiger partial charge < -0.3 is 29.4 Å². The first-order valence-electron chi connectivity index (χ1n) is 19.8. The Kier molecular flexibility index (Phi) is 17.1. The molecule has 1 atom stereocenters. The number of carbonyl (C=O) groups is 3. The minimum Gasteiger partial charge on any atom is -0.497 e. The summed E-state index contributed by atoms with van der Waals surface area (Å²) in [6.45, 7) is 7.85. The molecule has 0 spiro atoms. The van der Waals surface area contributed by atoms with Crippen LogP contribution in [-0.2, 0) is 16.1 Å². The lowest BCUT2D eigenvalue weighted by Crippen LogP contribution is -2.39. The lowest BCUT2D eigenvalue weighted by molar-refractivity contribution is -0.118. The van der Waals surface area contributed by atoms with Crippen LogP contribution in [0.15, 0.2) is 77.6 Å². The van der Waals surface area contributed by atoms with E-state index >= 15 is 0 Å². The van der Waals surface area contributed by atoms with Crippen molar-refractivity contribution in [2.24, 2.45) is 0 Å². The maximum absolute atomic E-state index is 14.4. The Labute approximate surface area is 329 Å². The predicted molar refractivity (Wildman–Crippen MR) is 216 cm³/mol. The lowest BCUT2D eigenvalue weighted by Gasteiger charge is -2.20. The average molecular weight is 772 g/mol. The molecule has 0 saturated carbocycles. The third-order valence-corrected chi connectivity index (χ3v) is 9.26. The van der Waals surface area contributed by atoms with Gasteiger partial charge in [0.25, 0.3) is 17.7 Å². The molecule has 4 rings (SSSR count). The molecule has 12 heteroatoms. The molecule has 56 heavy (non-hydrogen) atoms. The third kappa shape index (κ3) is 12.0. The number of nitrogens with one attached hydrogen (secondary N) is 1. The van der Waals surface area contributed by atoms with Gasteiger partial charge in [0.05, 0.1) is 44.2 Å². The normalized spacial score (nSPS) is 11.6. The summed E-state index contributed by atoms with van der Waals surface area (Å²) < 4.78 is 24.4. The summed E-state index contributed by atoms with van der Waals surface area (Å²) in [7, 11) is 1.48. The summed E-state index contributed by atoms with van der Waals surface area (Å²) in [5, 5.41) is 14.3. The number of esters is 1. The van der Waals surface area contributed by atoms with Crippen LogP contribution in [0.2, 0.25) is 0 Å². The van der Waals surface area contributed by atoms with Crippen LogP contribution in [0.1, 0.15) is 124 Å². The second kappa shape index (κ2) is 22.1. The average Bonchev–Trinajstić information content (AvgIpc) is 3.41. The molecule has 0 aliphatic rings. The van der Waals surface area contributed by atoms with Gasteiger partial charge in [-0.25, -0.2) is 14.2 Å². The van der Waals surface area contributed by atoms with Crippen LogP contribution >= 0.6 is 0 Å². The summed E-state index contributed by atoms with van der Waals surface area (Å²) in [4.78, 5) is 56.1. The highest BCUT2D eigenvalue weighted by atomic mass is 16.5. The topological polar surface area (TPSA) is 147 Å². The molecular weight excluding hydrogens is 714 g/mol. The molecule has 3 aromatic carbocycles. The van der Waals surface area contributed by atoms with E-state index in [4.69, 9.17) is 18.9 Å². The standard InChI is InChI=1S/C44H57N3O9/c1-6-8-9-10-11-12-13-14-15-19-28-55-43(51)34-24-27-37(56-31(3)4)36(29-34)45-40(49)38(39(48)33-22-25-35(53-5)26-23-33)47-41(50)42(54-7-2)46(44(47)52)30-32-20-17-16-18-21-32/h16-18,20-27,29,31,38,50H,6-15,19,28,30H2,1-5H3,(H,45,49). The number of ketones is 1. The van der Waals surface area contributed by atoms with Gasteiger partial charge in [0, 0.05) is 5.56 Å². The zero-order chi connectivity index (χ0) is 40.5. The molecule has 1 amide bonds. The van der Waals surface area contributed by atoms with Gasteiger partial charge in [-0.1, -0.05) is 95.0 Å². The molecule has 2 N–H and O–H groups in total. The van der Waals surface area contributed by atoms with E-state index in [1.165, 1.54) is 68.4 Å². The Morgan fingerprint density at radius 1 is 0.804 bits per heavy atom. The number of Topliss-reactive ketones (excluding diaryl/α,β-unsaturated/α-hetero) is 1. The van der Waals surface area contributed by atoms with Crippen LogP contribution in [0.5, 0.6) is 23.3 Å². The summed E-state index contributed by atoms with van der Waals surface area (Å²) in [6, 6.07) is 17.7. The van der Waals surface area contributed by atoms with Crippen LogP contribution in [-0.4, -0.2) is 58.3 Å². The minimum absolute atomic E-state index is 0.00368. The molecule has 1 heterocycles. The van der Waals surface area contributed by atoms with Crippen molar-refractivity contribution in [1.29, 1.82) is 0 Å². The Morgan fingerprint density at radius 2 is 1.43 bits per heavy atom. The van der Waals surface area contributed by atoms with Gasteiger partial charge in [0.1, 0.15) is 11.5 Å². The second-order valence-electron chi connectivity index (χ2n) is 14.0. The van der Waals surface area contributed by atoms with Crippen molar-refractivity contribution < 1.29 is 38.4 Å². The molecule has 0 aliphatic heterocycles. The Bertz CT molecular complexity index is 1920. The van der Waals surface area contributed by atoms with E-state index in [9.17, 15) is 24.3 Å². The number of nitrogens with zero attached hydrogens (tertiary/aromatic N) is 2. The van der Waals surface area contributed by atoms with Gasteiger partial charge in [-0.05, 0) is 75.2 Å². The minimum atomic E-state index is -1.91. The highest BCUT2D eigenvalue weighted by molar-refractivity contribution is 6.16. The quantitative estimate of drug-likeness (QED) is 0.0309. The summed E-state index contributed by atoms with van der Waals surface area (Å²) in [5.41, 5.74) is 0.191. The maximum Gasteiger partial charge on any atom is 0.338 e. The summed E-state index contributed by atoms with van der Waals surface area (Å²) >= 11 is 0. The van der Waals surface area contributed by atoms with Gasteiger partial charge in [-0.2, -0.15) is 0 Å². The van der Waals surface area contributed by atoms with E-state index in [0.29, 0.717) is 5.75 Å². The van der Waals surface area contributed by atoms with Gasteiger partial charge in [0.2, 0.25) is 0 Å². The zero-order valence-corrected chi connectivity index (χ0v) is 33.4. The second-order valence-corrected chi connectivity index (χ2v) is 14.0. The molecule has 302 valence electrons. The highest BCUT2D eigenvalue weighted by Gasteiger charge is 2.37. The smallest absolute Gasteiger partial charge is 0.338 e. The number of aromatic nitrogens is 2. The Balaban J connectivity index is 1.61. The van der Waals surface area contributed by atoms with Gasteiger partial charge >= 0.3 is 11.7 Å². The summed E-state index contributed by atoms with van der Waals surface area (Å²) in [5.74, 6) is -2.53. The highest BCUT2D eigenvalue weighted by Crippen LogP contribution is 2.33. The Morgan fingerprint density at radius 3 is 2.04 bits per heavy atom. The number of hydrogen-bond acceptors (Lipinski definition) is 9. The van der Waals surface area contributed by atoms with Gasteiger partial charge in [-0.15, -0.1) is 0 Å². The third-order valence-electron chi connectivity index (χ3n) is 9.26. The molecule has 0 radical (unpaired) electrons. The molecule has 0 bridgehead atoms. The molecule has 0 saturated heterocycles. The number of aromatic hydroxyl groups is 1. The molecule has 1 aromatic heterocycles. The number of amides is 1. The van der Waals surface area contributed by atoms with Crippen molar-refractivity contribution >= 4 is 23.3 Å². The first kappa shape index (κ1) is 43.2. The van der Waals surface area contributed by atoms with Crippen LogP contribution in [0.4, 0.5) is 5.69 Å². The number of hydrogen-bond donors (Lipinski definition) is 2. The van der Waals surface area contributed by atoms with Crippen LogP contribution in [0.25, 0.3) is 0 Å². The number of anilines is 1. The number of unbranched alkanes of at least 4 members (excludes halogenated alkanes) is 9. The first-order valence-corrected chi connectivity index (χ1v) is 19.8. The monoisotopic (exact) mass is 771 g/mol. The molecule has 0 fully saturated rings. The van der Waals surface area contributed by atoms with Crippen molar-refractivity contribution in [3.05, 3.63) is 100.0 Å². The van der Waals surface area contributed by atoms with Crippen LogP contribution < -0.4 is 25.2 Å². The number of benzene rings is 3. The number of carbonyl (C=O) groups excluding carboxylic acids is 3. The van der Waals surface area contributed by atoms with Crippen LogP contribution in [0.3, 0.4) is 0 Å². The van der Waals surface area contributed by atoms with Crippen molar-refractivity contribution in [1.82, 2.24) is 9.13 Å². The number of ether oxygens (including phenoxy) is 4. The van der Waals surface area contributed by atoms with E-state index < -0.39 is 35.3 Å². The van der Waals surface area contributed by atoms with E-state index in [1.807, 2.05) is 6.07 Å². The summed E-state index contributed by atoms with van der Waals surface area (Å²) in [6.07, 6.45) is 11.2. The molecular formula is C44H57N3O9. The maximum atomic E-state index is 14.4. The van der Waals surface area contributed by atoms with Crippen molar-refractivity contribution in [3.63, 3.8) is 0 Å². The van der Waals surface area contributed by atoms with Crippen LogP contribution in [0, 0.1) is 0 Å². The predicted octanol–water partition coefficient (Wildman–Crippen LogP) is 8.74. The van der Waals surface area contributed by atoms with Gasteiger partial charge in [-0.3, -0.25) is 14.2 Å². The molecule has 0 aliphatic carbocycles. The largest absolute Gasteiger partial charge is 0.497 e. The van der Waals surface area contributed by atoms with Crippen molar-refractivity contribution in [2.45, 2.75) is 111 Å². The van der Waals surface area contributed by atoms with Crippen molar-refractivity contribution in [2.75, 3.05) is 25.6 Å².